The molecule has 2 N–H and O–H groups in total. The zero-order valence-electron chi connectivity index (χ0n) is 12.0. The molecule has 1 amide bonds. The summed E-state index contributed by atoms with van der Waals surface area (Å²) in [6.45, 7) is 1.52. The minimum Gasteiger partial charge on any atom is -0.396 e. The van der Waals surface area contributed by atoms with Crippen LogP contribution in [0, 0.1) is 17.8 Å². The second-order valence-electron chi connectivity index (χ2n) is 5.11. The lowest BCUT2D eigenvalue weighted by atomic mass is 9.97. The van der Waals surface area contributed by atoms with Gasteiger partial charge in [0.1, 0.15) is 0 Å². The van der Waals surface area contributed by atoms with E-state index in [0.717, 1.165) is 12.8 Å². The molecule has 5 nitrogen and oxygen atoms in total. The molecule has 1 aromatic heterocycles. The molecule has 1 aliphatic heterocycles. The minimum atomic E-state index is -0.0397. The summed E-state index contributed by atoms with van der Waals surface area (Å²) < 4.78 is 0. The predicted octanol–water partition coefficient (Wildman–Crippen LogP) is 0.660. The summed E-state index contributed by atoms with van der Waals surface area (Å²) in [7, 11) is 0. The maximum atomic E-state index is 12.6. The van der Waals surface area contributed by atoms with E-state index in [1.54, 1.807) is 23.4 Å². The van der Waals surface area contributed by atoms with Crippen LogP contribution in [0.4, 0.5) is 0 Å². The van der Waals surface area contributed by atoms with Crippen molar-refractivity contribution in [2.45, 2.75) is 19.3 Å². The molecule has 21 heavy (non-hydrogen) atoms. The monoisotopic (exact) mass is 288 g/mol. The first kappa shape index (κ1) is 15.5. The summed E-state index contributed by atoms with van der Waals surface area (Å²) in [6, 6.07) is 1.68. The van der Waals surface area contributed by atoms with Gasteiger partial charge in [0.05, 0.1) is 17.7 Å². The average Bonchev–Trinajstić information content (AvgIpc) is 2.55. The van der Waals surface area contributed by atoms with Crippen molar-refractivity contribution in [1.82, 2.24) is 9.88 Å². The number of piperidine rings is 1. The van der Waals surface area contributed by atoms with Gasteiger partial charge in [-0.1, -0.05) is 11.8 Å². The average molecular weight is 288 g/mol. The molecule has 0 saturated carbocycles. The van der Waals surface area contributed by atoms with E-state index in [1.807, 2.05) is 0 Å². The molecule has 0 bridgehead atoms. The number of amides is 1. The van der Waals surface area contributed by atoms with Crippen LogP contribution in [0.25, 0.3) is 0 Å². The molecule has 0 atom stereocenters. The molecule has 2 rings (SSSR count). The number of carbonyl (C=O) groups excluding carboxylic acids is 1. The maximum Gasteiger partial charge on any atom is 0.255 e. The van der Waals surface area contributed by atoms with E-state index in [-0.39, 0.29) is 19.1 Å². The number of aromatic nitrogens is 1. The molecule has 5 heteroatoms. The smallest absolute Gasteiger partial charge is 0.255 e. The van der Waals surface area contributed by atoms with Crippen LogP contribution >= 0.6 is 0 Å². The Labute approximate surface area is 124 Å². The van der Waals surface area contributed by atoms with Crippen molar-refractivity contribution in [3.8, 4) is 11.8 Å². The SMILES string of the molecule is O=C(c1ccncc1C#CCCO)N1CCC(CO)CC1. The highest BCUT2D eigenvalue weighted by atomic mass is 16.3. The topological polar surface area (TPSA) is 73.7 Å². The largest absolute Gasteiger partial charge is 0.396 e. The second kappa shape index (κ2) is 7.77. The Kier molecular flexibility index (Phi) is 5.73. The summed E-state index contributed by atoms with van der Waals surface area (Å²) in [5.41, 5.74) is 1.15. The molecular formula is C16H20N2O3. The highest BCUT2D eigenvalue weighted by molar-refractivity contribution is 5.96. The lowest BCUT2D eigenvalue weighted by Crippen LogP contribution is -2.39. The van der Waals surface area contributed by atoms with Crippen LogP contribution in [-0.2, 0) is 0 Å². The van der Waals surface area contributed by atoms with Crippen LogP contribution < -0.4 is 0 Å². The molecular weight excluding hydrogens is 268 g/mol. The van der Waals surface area contributed by atoms with Crippen LogP contribution in [0.2, 0.25) is 0 Å². The van der Waals surface area contributed by atoms with Gasteiger partial charge in [-0.25, -0.2) is 0 Å². The van der Waals surface area contributed by atoms with E-state index in [9.17, 15) is 4.79 Å². The highest BCUT2D eigenvalue weighted by Crippen LogP contribution is 2.19. The van der Waals surface area contributed by atoms with Gasteiger partial charge >= 0.3 is 0 Å². The first-order chi connectivity index (χ1) is 10.3. The number of hydrogen-bond donors (Lipinski definition) is 2. The van der Waals surface area contributed by atoms with Crippen molar-refractivity contribution in [1.29, 1.82) is 0 Å². The molecule has 0 radical (unpaired) electrons. The van der Waals surface area contributed by atoms with Crippen molar-refractivity contribution in [2.75, 3.05) is 26.3 Å². The summed E-state index contributed by atoms with van der Waals surface area (Å²) >= 11 is 0. The van der Waals surface area contributed by atoms with Crippen molar-refractivity contribution >= 4 is 5.91 Å². The van der Waals surface area contributed by atoms with E-state index in [2.05, 4.69) is 16.8 Å². The van der Waals surface area contributed by atoms with Crippen molar-refractivity contribution in [3.63, 3.8) is 0 Å². The Morgan fingerprint density at radius 3 is 2.81 bits per heavy atom. The quantitative estimate of drug-likeness (QED) is 0.801. The number of aliphatic hydroxyl groups excluding tert-OH is 2. The Morgan fingerprint density at radius 1 is 1.38 bits per heavy atom. The van der Waals surface area contributed by atoms with Crippen molar-refractivity contribution in [3.05, 3.63) is 29.6 Å². The Morgan fingerprint density at radius 2 is 2.14 bits per heavy atom. The standard InChI is InChI=1S/C16H20N2O3/c19-10-2-1-3-14-11-17-7-4-15(14)16(21)18-8-5-13(12-20)6-9-18/h4,7,11,13,19-20H,2,5-6,8-10,12H2. The number of hydrogen-bond acceptors (Lipinski definition) is 4. The number of pyridine rings is 1. The molecule has 2 heterocycles. The molecule has 1 fully saturated rings. The van der Waals surface area contributed by atoms with Gasteiger partial charge in [0.15, 0.2) is 0 Å². The highest BCUT2D eigenvalue weighted by Gasteiger charge is 2.24. The third-order valence-corrected chi connectivity index (χ3v) is 3.67. The van der Waals surface area contributed by atoms with Crippen molar-refractivity contribution in [2.24, 2.45) is 5.92 Å². The fourth-order valence-electron chi connectivity index (χ4n) is 2.38. The number of aliphatic hydroxyl groups is 2. The Balaban J connectivity index is 2.11. The number of rotatable bonds is 3. The number of likely N-dealkylation sites (tertiary alicyclic amines) is 1. The van der Waals surface area contributed by atoms with Crippen LogP contribution in [0.5, 0.6) is 0 Å². The third kappa shape index (κ3) is 4.03. The van der Waals surface area contributed by atoms with Gasteiger partial charge in [0, 0.05) is 38.5 Å². The molecule has 1 aromatic rings. The van der Waals surface area contributed by atoms with Crippen LogP contribution in [0.3, 0.4) is 0 Å². The number of carbonyl (C=O) groups is 1. The van der Waals surface area contributed by atoms with E-state index in [0.29, 0.717) is 36.6 Å². The summed E-state index contributed by atoms with van der Waals surface area (Å²) in [5.74, 6) is 5.98. The molecule has 0 unspecified atom stereocenters. The lowest BCUT2D eigenvalue weighted by Gasteiger charge is -2.31. The maximum absolute atomic E-state index is 12.6. The fraction of sp³-hybridized carbons (Fsp3) is 0.500. The Hall–Kier alpha value is -1.90. The fourth-order valence-corrected chi connectivity index (χ4v) is 2.38. The first-order valence-electron chi connectivity index (χ1n) is 7.20. The molecule has 1 aliphatic rings. The summed E-state index contributed by atoms with van der Waals surface area (Å²) in [5, 5.41) is 17.9. The van der Waals surface area contributed by atoms with Gasteiger partial charge < -0.3 is 15.1 Å². The van der Waals surface area contributed by atoms with E-state index >= 15 is 0 Å². The number of nitrogens with zero attached hydrogens (tertiary/aromatic N) is 2. The van der Waals surface area contributed by atoms with Crippen LogP contribution in [0.15, 0.2) is 18.5 Å². The van der Waals surface area contributed by atoms with Gasteiger partial charge in [-0.15, -0.1) is 0 Å². The second-order valence-corrected chi connectivity index (χ2v) is 5.11. The molecule has 0 aliphatic carbocycles. The zero-order valence-corrected chi connectivity index (χ0v) is 12.0. The van der Waals surface area contributed by atoms with Gasteiger partial charge in [-0.3, -0.25) is 9.78 Å². The summed E-state index contributed by atoms with van der Waals surface area (Å²) in [6.07, 6.45) is 5.21. The van der Waals surface area contributed by atoms with Gasteiger partial charge in [-0.2, -0.15) is 0 Å². The van der Waals surface area contributed by atoms with E-state index in [4.69, 9.17) is 10.2 Å². The Bertz CT molecular complexity index is 540. The molecule has 0 spiro atoms. The van der Waals surface area contributed by atoms with E-state index in [1.165, 1.54) is 0 Å². The van der Waals surface area contributed by atoms with E-state index < -0.39 is 0 Å². The summed E-state index contributed by atoms with van der Waals surface area (Å²) in [4.78, 5) is 18.4. The van der Waals surface area contributed by atoms with Crippen molar-refractivity contribution < 1.29 is 15.0 Å². The van der Waals surface area contributed by atoms with Crippen LogP contribution in [-0.4, -0.2) is 52.3 Å². The van der Waals surface area contributed by atoms with Gasteiger partial charge in [0.25, 0.3) is 5.91 Å². The normalized spacial score (nSPS) is 15.4. The lowest BCUT2D eigenvalue weighted by molar-refractivity contribution is 0.0650. The first-order valence-corrected chi connectivity index (χ1v) is 7.20. The minimum absolute atomic E-state index is 0.00517. The van der Waals surface area contributed by atoms with Gasteiger partial charge in [0.2, 0.25) is 0 Å². The third-order valence-electron chi connectivity index (χ3n) is 3.67. The van der Waals surface area contributed by atoms with Gasteiger partial charge in [-0.05, 0) is 24.8 Å². The molecule has 1 saturated heterocycles. The predicted molar refractivity (Wildman–Crippen MR) is 78.5 cm³/mol. The molecule has 0 aromatic carbocycles. The molecule has 112 valence electrons. The van der Waals surface area contributed by atoms with Crippen LogP contribution in [0.1, 0.15) is 35.2 Å². The zero-order chi connectivity index (χ0) is 15.1.